The molecule has 0 aliphatic rings. The molecule has 0 aliphatic heterocycles. The molecule has 1 rings (SSSR count). The van der Waals surface area contributed by atoms with Gasteiger partial charge in [0.2, 0.25) is 0 Å². The lowest BCUT2D eigenvalue weighted by atomic mass is 10.3. The monoisotopic (exact) mass is 294 g/mol. The molecule has 2 unspecified atom stereocenters. The smallest absolute Gasteiger partial charge is 0.493 e. The number of ether oxygens (including phenoxy) is 1. The van der Waals surface area contributed by atoms with Crippen molar-refractivity contribution in [1.82, 2.24) is 0 Å². The molecule has 2 atom stereocenters. The van der Waals surface area contributed by atoms with Crippen LogP contribution in [0, 0.1) is 0 Å². The Hall–Kier alpha value is -0.940. The fourth-order valence-corrected chi connectivity index (χ4v) is 1.88. The second kappa shape index (κ2) is 8.21. The minimum atomic E-state index is -2.91. The van der Waals surface area contributed by atoms with Crippen LogP contribution < -0.4 is 4.74 Å². The van der Waals surface area contributed by atoms with Crippen molar-refractivity contribution in [2.24, 2.45) is 0 Å². The molecule has 0 spiro atoms. The fourth-order valence-electron chi connectivity index (χ4n) is 1.12. The molecule has 0 amide bonds. The van der Waals surface area contributed by atoms with Crippen LogP contribution in [-0.2, 0) is 18.2 Å². The van der Waals surface area contributed by atoms with E-state index in [1.165, 1.54) is 0 Å². The average Bonchev–Trinajstić information content (AvgIpc) is 2.28. The Kier molecular flexibility index (Phi) is 6.90. The molecule has 7 nitrogen and oxygen atoms in total. The van der Waals surface area contributed by atoms with Crippen molar-refractivity contribution >= 4 is 16.5 Å². The molecule has 0 aromatic heterocycles. The van der Waals surface area contributed by atoms with Gasteiger partial charge in [-0.3, -0.25) is 0 Å². The summed E-state index contributed by atoms with van der Waals surface area (Å²) < 4.78 is 35.0. The van der Waals surface area contributed by atoms with Crippen LogP contribution in [0.3, 0.4) is 0 Å². The average molecular weight is 294 g/mol. The minimum Gasteiger partial charge on any atom is -0.493 e. The summed E-state index contributed by atoms with van der Waals surface area (Å²) in [6.45, 7) is 0.112. The number of hydrogen-bond donors (Lipinski definition) is 2. The summed E-state index contributed by atoms with van der Waals surface area (Å²) in [5.41, 5.74) is 0. The van der Waals surface area contributed by atoms with Gasteiger partial charge in [0.1, 0.15) is 5.75 Å². The Bertz CT molecular complexity index is 381. The van der Waals surface area contributed by atoms with Gasteiger partial charge in [-0.05, 0) is 12.1 Å². The van der Waals surface area contributed by atoms with E-state index in [2.05, 4.69) is 9.05 Å². The molecule has 0 bridgehead atoms. The van der Waals surface area contributed by atoms with Crippen LogP contribution in [0.15, 0.2) is 30.3 Å². The SMILES string of the molecule is O=[P+](O)OC(CCOc1ccccc1)O[P+](=O)O. The molecule has 0 heterocycles. The van der Waals surface area contributed by atoms with Crippen LogP contribution in [0.5, 0.6) is 5.75 Å². The molecule has 0 radical (unpaired) electrons. The standard InChI is InChI=1S/C9H10O7P2/c10-17(11)15-9(16-18(12)13)6-7-14-8-4-2-1-3-5-8/h1-5,9H,6-7H2/p+2. The van der Waals surface area contributed by atoms with Gasteiger partial charge < -0.3 is 4.74 Å². The third-order valence-corrected chi connectivity index (χ3v) is 2.61. The maximum Gasteiger partial charge on any atom is 0.697 e. The van der Waals surface area contributed by atoms with Crippen LogP contribution >= 0.6 is 16.5 Å². The summed E-state index contributed by atoms with van der Waals surface area (Å²) in [6, 6.07) is 8.87. The molecule has 1 aromatic carbocycles. The van der Waals surface area contributed by atoms with E-state index in [1.807, 2.05) is 6.07 Å². The van der Waals surface area contributed by atoms with Gasteiger partial charge in [0.05, 0.1) is 6.61 Å². The summed E-state index contributed by atoms with van der Waals surface area (Å²) in [5, 5.41) is 0. The Morgan fingerprint density at radius 1 is 1.06 bits per heavy atom. The van der Waals surface area contributed by atoms with Crippen molar-refractivity contribution in [2.45, 2.75) is 12.7 Å². The number of para-hydroxylation sites is 1. The van der Waals surface area contributed by atoms with Crippen LogP contribution in [0.1, 0.15) is 6.42 Å². The van der Waals surface area contributed by atoms with Crippen molar-refractivity contribution in [3.05, 3.63) is 30.3 Å². The molecular formula is C9H12O7P2+2. The quantitative estimate of drug-likeness (QED) is 0.559. The van der Waals surface area contributed by atoms with Gasteiger partial charge >= 0.3 is 16.5 Å². The third-order valence-electron chi connectivity index (χ3n) is 1.78. The Morgan fingerprint density at radius 2 is 1.61 bits per heavy atom. The first-order valence-corrected chi connectivity index (χ1v) is 7.17. The predicted molar refractivity (Wildman–Crippen MR) is 62.2 cm³/mol. The second-order valence-electron chi connectivity index (χ2n) is 3.07. The molecule has 0 saturated carbocycles. The molecule has 1 aromatic rings. The maximum absolute atomic E-state index is 10.5. The van der Waals surface area contributed by atoms with E-state index >= 15 is 0 Å². The Balaban J connectivity index is 2.37. The van der Waals surface area contributed by atoms with E-state index in [0.29, 0.717) is 5.75 Å². The first-order valence-electron chi connectivity index (χ1n) is 4.91. The van der Waals surface area contributed by atoms with Crippen LogP contribution in [0.25, 0.3) is 0 Å². The Labute approximate surface area is 105 Å². The van der Waals surface area contributed by atoms with E-state index in [1.54, 1.807) is 24.3 Å². The first-order chi connectivity index (χ1) is 8.58. The highest BCUT2D eigenvalue weighted by Gasteiger charge is 2.32. The predicted octanol–water partition coefficient (Wildman–Crippen LogP) is 2.11. The van der Waals surface area contributed by atoms with E-state index in [4.69, 9.17) is 14.5 Å². The fraction of sp³-hybridized carbons (Fsp3) is 0.333. The molecular weight excluding hydrogens is 282 g/mol. The molecule has 98 valence electrons. The zero-order chi connectivity index (χ0) is 13.4. The highest BCUT2D eigenvalue weighted by Crippen LogP contribution is 2.27. The summed E-state index contributed by atoms with van der Waals surface area (Å²) in [7, 11) is -5.82. The lowest BCUT2D eigenvalue weighted by molar-refractivity contribution is -0.0119. The van der Waals surface area contributed by atoms with E-state index < -0.39 is 22.8 Å². The Morgan fingerprint density at radius 3 is 2.11 bits per heavy atom. The van der Waals surface area contributed by atoms with E-state index in [0.717, 1.165) is 0 Å². The largest absolute Gasteiger partial charge is 0.697 e. The second-order valence-corrected chi connectivity index (χ2v) is 4.44. The highest BCUT2D eigenvalue weighted by atomic mass is 31.1. The van der Waals surface area contributed by atoms with Crippen molar-refractivity contribution in [1.29, 1.82) is 0 Å². The molecule has 0 saturated heterocycles. The van der Waals surface area contributed by atoms with E-state index in [-0.39, 0.29) is 13.0 Å². The number of hydrogen-bond acceptors (Lipinski definition) is 5. The lowest BCUT2D eigenvalue weighted by Crippen LogP contribution is -2.15. The van der Waals surface area contributed by atoms with Gasteiger partial charge in [0, 0.05) is 15.6 Å². The zero-order valence-electron chi connectivity index (χ0n) is 9.21. The van der Waals surface area contributed by atoms with Gasteiger partial charge in [-0.15, -0.1) is 9.79 Å². The molecule has 18 heavy (non-hydrogen) atoms. The molecule has 9 heteroatoms. The van der Waals surface area contributed by atoms with Gasteiger partial charge in [-0.2, -0.15) is 0 Å². The van der Waals surface area contributed by atoms with Crippen molar-refractivity contribution < 1.29 is 32.7 Å². The minimum absolute atomic E-state index is 0.0398. The molecule has 0 fully saturated rings. The van der Waals surface area contributed by atoms with Gasteiger partial charge in [0.15, 0.2) is 0 Å². The maximum atomic E-state index is 10.5. The number of benzene rings is 1. The molecule has 0 aliphatic carbocycles. The van der Waals surface area contributed by atoms with Crippen LogP contribution in [-0.4, -0.2) is 22.7 Å². The normalized spacial score (nSPS) is 13.9. The van der Waals surface area contributed by atoms with Gasteiger partial charge in [-0.1, -0.05) is 27.2 Å². The highest BCUT2D eigenvalue weighted by molar-refractivity contribution is 7.32. The van der Waals surface area contributed by atoms with E-state index in [9.17, 15) is 9.13 Å². The topological polar surface area (TPSA) is 102 Å². The summed E-state index contributed by atoms with van der Waals surface area (Å²) in [6.07, 6.45) is -1.23. The van der Waals surface area contributed by atoms with Crippen LogP contribution in [0.2, 0.25) is 0 Å². The number of rotatable bonds is 8. The third kappa shape index (κ3) is 6.71. The van der Waals surface area contributed by atoms with Gasteiger partial charge in [-0.25, -0.2) is 0 Å². The zero-order valence-corrected chi connectivity index (χ0v) is 11.0. The summed E-state index contributed by atoms with van der Waals surface area (Å²) in [5.74, 6) is 0.609. The molecule has 2 N–H and O–H groups in total. The van der Waals surface area contributed by atoms with Gasteiger partial charge in [0.25, 0.3) is 6.29 Å². The van der Waals surface area contributed by atoms with Crippen molar-refractivity contribution in [3.8, 4) is 5.75 Å². The summed E-state index contributed by atoms with van der Waals surface area (Å²) >= 11 is 0. The lowest BCUT2D eigenvalue weighted by Gasteiger charge is -2.06. The van der Waals surface area contributed by atoms with Crippen molar-refractivity contribution in [3.63, 3.8) is 0 Å². The van der Waals surface area contributed by atoms with Crippen molar-refractivity contribution in [2.75, 3.05) is 6.61 Å². The first kappa shape index (κ1) is 15.1. The summed E-state index contributed by atoms with van der Waals surface area (Å²) in [4.78, 5) is 17.1. The van der Waals surface area contributed by atoms with Crippen LogP contribution in [0.4, 0.5) is 0 Å².